The Hall–Kier alpha value is -1.03. The minimum absolute atomic E-state index is 0.212. The van der Waals surface area contributed by atoms with Crippen molar-refractivity contribution >= 4 is 5.97 Å². The van der Waals surface area contributed by atoms with Crippen LogP contribution in [0.1, 0.15) is 19.3 Å². The molecule has 21 heavy (non-hydrogen) atoms. The number of halogens is 6. The van der Waals surface area contributed by atoms with Gasteiger partial charge in [-0.2, -0.15) is 26.3 Å². The smallest absolute Gasteiger partial charge is 0.429 e. The summed E-state index contributed by atoms with van der Waals surface area (Å²) in [5, 5.41) is 8.79. The molecule has 0 radical (unpaired) electrons. The molecule has 0 aromatic rings. The molecule has 0 amide bonds. The Morgan fingerprint density at radius 1 is 1.10 bits per heavy atom. The van der Waals surface area contributed by atoms with E-state index < -0.39 is 30.5 Å². The van der Waals surface area contributed by atoms with E-state index in [1.165, 1.54) is 0 Å². The van der Waals surface area contributed by atoms with E-state index in [-0.39, 0.29) is 12.3 Å². The van der Waals surface area contributed by atoms with Crippen molar-refractivity contribution in [1.29, 1.82) is 0 Å². The summed E-state index contributed by atoms with van der Waals surface area (Å²) in [6.45, 7) is -1.47. The fraction of sp³-hybridized carbons (Fsp3) is 0.909. The quantitative estimate of drug-likeness (QED) is 0.636. The van der Waals surface area contributed by atoms with E-state index in [4.69, 9.17) is 9.84 Å². The van der Waals surface area contributed by atoms with Gasteiger partial charge >= 0.3 is 18.3 Å². The van der Waals surface area contributed by atoms with E-state index in [1.54, 1.807) is 0 Å². The second kappa shape index (κ2) is 6.39. The highest BCUT2D eigenvalue weighted by molar-refractivity contribution is 5.69. The van der Waals surface area contributed by atoms with Gasteiger partial charge in [0, 0.05) is 19.6 Å². The average molecular weight is 324 g/mol. The SMILES string of the molecule is O=C(CC1CCOCC1)OCC(O)(C(F)(F)F)C(F)(F)F. The molecular formula is C11H14F6O4. The fourth-order valence-electron chi connectivity index (χ4n) is 1.75. The number of aliphatic hydroxyl groups is 1. The lowest BCUT2D eigenvalue weighted by molar-refractivity contribution is -0.375. The third kappa shape index (κ3) is 4.47. The molecule has 0 aromatic heterocycles. The van der Waals surface area contributed by atoms with Crippen LogP contribution in [0.4, 0.5) is 26.3 Å². The van der Waals surface area contributed by atoms with Crippen molar-refractivity contribution in [2.75, 3.05) is 19.8 Å². The van der Waals surface area contributed by atoms with Gasteiger partial charge in [0.2, 0.25) is 0 Å². The van der Waals surface area contributed by atoms with Crippen LogP contribution < -0.4 is 0 Å². The van der Waals surface area contributed by atoms with E-state index in [0.717, 1.165) is 0 Å². The Morgan fingerprint density at radius 3 is 2.00 bits per heavy atom. The van der Waals surface area contributed by atoms with Crippen molar-refractivity contribution in [3.8, 4) is 0 Å². The zero-order valence-corrected chi connectivity index (χ0v) is 10.8. The first-order chi connectivity index (χ1) is 9.47. The molecule has 1 fully saturated rings. The summed E-state index contributed by atoms with van der Waals surface area (Å²) in [6.07, 6.45) is -11.4. The summed E-state index contributed by atoms with van der Waals surface area (Å²) in [4.78, 5) is 11.3. The van der Waals surface area contributed by atoms with E-state index >= 15 is 0 Å². The van der Waals surface area contributed by atoms with Crippen LogP contribution in [0.2, 0.25) is 0 Å². The van der Waals surface area contributed by atoms with Gasteiger partial charge in [-0.1, -0.05) is 0 Å². The van der Waals surface area contributed by atoms with Crippen LogP contribution in [-0.4, -0.2) is 48.9 Å². The van der Waals surface area contributed by atoms with Crippen LogP contribution in [0.15, 0.2) is 0 Å². The molecule has 0 unspecified atom stereocenters. The van der Waals surface area contributed by atoms with Crippen LogP contribution in [0.3, 0.4) is 0 Å². The number of hydrogen-bond acceptors (Lipinski definition) is 4. The largest absolute Gasteiger partial charge is 0.462 e. The predicted octanol–water partition coefficient (Wildman–Crippen LogP) is 2.20. The molecule has 1 aliphatic heterocycles. The van der Waals surface area contributed by atoms with Gasteiger partial charge in [0.25, 0.3) is 5.60 Å². The van der Waals surface area contributed by atoms with Gasteiger partial charge in [0.15, 0.2) is 0 Å². The van der Waals surface area contributed by atoms with Crippen LogP contribution in [0, 0.1) is 5.92 Å². The molecule has 1 heterocycles. The highest BCUT2D eigenvalue weighted by Gasteiger charge is 2.71. The van der Waals surface area contributed by atoms with Crippen molar-refractivity contribution in [2.24, 2.45) is 5.92 Å². The lowest BCUT2D eigenvalue weighted by atomic mass is 9.97. The maximum atomic E-state index is 12.3. The lowest BCUT2D eigenvalue weighted by Gasteiger charge is -2.31. The molecule has 10 heteroatoms. The molecule has 1 N–H and O–H groups in total. The van der Waals surface area contributed by atoms with Crippen LogP contribution in [0.25, 0.3) is 0 Å². The maximum Gasteiger partial charge on any atom is 0.429 e. The molecule has 1 saturated heterocycles. The summed E-state index contributed by atoms with van der Waals surface area (Å²) in [5.41, 5.74) is -5.06. The zero-order valence-electron chi connectivity index (χ0n) is 10.8. The molecule has 0 saturated carbocycles. The van der Waals surface area contributed by atoms with E-state index in [2.05, 4.69) is 4.74 Å². The summed E-state index contributed by atoms with van der Waals surface area (Å²) >= 11 is 0. The predicted molar refractivity (Wildman–Crippen MR) is 56.2 cm³/mol. The Labute approximate surface area is 116 Å². The molecule has 0 aliphatic carbocycles. The minimum atomic E-state index is -6.00. The zero-order chi connectivity index (χ0) is 16.3. The second-order valence-electron chi connectivity index (χ2n) is 4.78. The van der Waals surface area contributed by atoms with Crippen molar-refractivity contribution < 1.29 is 45.7 Å². The molecule has 4 nitrogen and oxygen atoms in total. The lowest BCUT2D eigenvalue weighted by Crippen LogP contribution is -2.60. The Morgan fingerprint density at radius 2 is 1.57 bits per heavy atom. The molecular weight excluding hydrogens is 310 g/mol. The maximum absolute atomic E-state index is 12.3. The number of esters is 1. The van der Waals surface area contributed by atoms with Gasteiger partial charge in [0.1, 0.15) is 6.61 Å². The highest BCUT2D eigenvalue weighted by Crippen LogP contribution is 2.43. The van der Waals surface area contributed by atoms with Gasteiger partial charge < -0.3 is 14.6 Å². The number of alkyl halides is 6. The summed E-state index contributed by atoms with van der Waals surface area (Å²) in [6, 6.07) is 0. The van der Waals surface area contributed by atoms with E-state index in [1.807, 2.05) is 0 Å². The third-order valence-corrected chi connectivity index (χ3v) is 3.18. The summed E-state index contributed by atoms with van der Waals surface area (Å²) in [7, 11) is 0. The molecule has 0 atom stereocenters. The van der Waals surface area contributed by atoms with Gasteiger partial charge in [-0.15, -0.1) is 0 Å². The number of hydrogen-bond donors (Lipinski definition) is 1. The third-order valence-electron chi connectivity index (χ3n) is 3.18. The number of carbonyl (C=O) groups excluding carboxylic acids is 1. The summed E-state index contributed by atoms with van der Waals surface area (Å²) < 4.78 is 83.0. The van der Waals surface area contributed by atoms with Gasteiger partial charge in [-0.25, -0.2) is 0 Å². The van der Waals surface area contributed by atoms with Crippen LogP contribution in [-0.2, 0) is 14.3 Å². The molecule has 1 rings (SSSR count). The van der Waals surface area contributed by atoms with Crippen molar-refractivity contribution in [3.63, 3.8) is 0 Å². The topological polar surface area (TPSA) is 55.8 Å². The second-order valence-corrected chi connectivity index (χ2v) is 4.78. The molecule has 0 aromatic carbocycles. The van der Waals surface area contributed by atoms with Crippen LogP contribution >= 0.6 is 0 Å². The van der Waals surface area contributed by atoms with Gasteiger partial charge in [-0.05, 0) is 18.8 Å². The average Bonchev–Trinajstić information content (AvgIpc) is 2.34. The number of ether oxygens (including phenoxy) is 2. The van der Waals surface area contributed by atoms with E-state index in [0.29, 0.717) is 26.1 Å². The summed E-state index contributed by atoms with van der Waals surface area (Å²) in [5.74, 6) is -1.43. The minimum Gasteiger partial charge on any atom is -0.462 e. The first kappa shape index (κ1) is 18.0. The van der Waals surface area contributed by atoms with E-state index in [9.17, 15) is 31.1 Å². The molecule has 124 valence electrons. The van der Waals surface area contributed by atoms with Crippen molar-refractivity contribution in [2.45, 2.75) is 37.2 Å². The molecule has 1 aliphatic rings. The highest BCUT2D eigenvalue weighted by atomic mass is 19.4. The molecule has 0 bridgehead atoms. The Balaban J connectivity index is 2.59. The van der Waals surface area contributed by atoms with Gasteiger partial charge in [0.05, 0.1) is 0 Å². The fourth-order valence-corrected chi connectivity index (χ4v) is 1.75. The number of rotatable bonds is 4. The normalized spacial score (nSPS) is 18.6. The molecule has 0 spiro atoms. The van der Waals surface area contributed by atoms with Crippen molar-refractivity contribution in [3.05, 3.63) is 0 Å². The Bertz CT molecular complexity index is 345. The Kier molecular flexibility index (Phi) is 5.48. The standard InChI is InChI=1S/C11H14F6O4/c12-10(13,14)9(19,11(15,16)17)6-21-8(18)5-7-1-3-20-4-2-7/h7,19H,1-6H2. The van der Waals surface area contributed by atoms with Crippen molar-refractivity contribution in [1.82, 2.24) is 0 Å². The first-order valence-corrected chi connectivity index (χ1v) is 6.06. The van der Waals surface area contributed by atoms with Gasteiger partial charge in [-0.3, -0.25) is 4.79 Å². The number of carbonyl (C=O) groups is 1. The monoisotopic (exact) mass is 324 g/mol. The first-order valence-electron chi connectivity index (χ1n) is 6.06. The van der Waals surface area contributed by atoms with Crippen LogP contribution in [0.5, 0.6) is 0 Å².